The van der Waals surface area contributed by atoms with Gasteiger partial charge in [0.05, 0.1) is 17.1 Å². The van der Waals surface area contributed by atoms with Crippen molar-refractivity contribution in [2.75, 3.05) is 0 Å². The number of nitrogens with one attached hydrogen (secondary N) is 1. The predicted molar refractivity (Wildman–Crippen MR) is 105 cm³/mol. The summed E-state index contributed by atoms with van der Waals surface area (Å²) in [5.41, 5.74) is 5.02. The molecule has 0 saturated carbocycles. The number of allylic oxidation sites excluding steroid dienone is 1. The van der Waals surface area contributed by atoms with Gasteiger partial charge in [0.1, 0.15) is 10.8 Å². The molecular weight excluding hydrogens is 374 g/mol. The SMILES string of the molecule is Brc1cccc(C2=CC(c3ccccc3)=NC(c3ccccc3)N2)n1. The van der Waals surface area contributed by atoms with E-state index in [2.05, 4.69) is 56.6 Å². The van der Waals surface area contributed by atoms with Crippen molar-refractivity contribution < 1.29 is 0 Å². The summed E-state index contributed by atoms with van der Waals surface area (Å²) in [6, 6.07) is 26.4. The summed E-state index contributed by atoms with van der Waals surface area (Å²) in [5, 5.41) is 3.50. The second kappa shape index (κ2) is 7.03. The van der Waals surface area contributed by atoms with Crippen molar-refractivity contribution in [1.82, 2.24) is 10.3 Å². The molecule has 4 rings (SSSR count). The van der Waals surface area contributed by atoms with Crippen molar-refractivity contribution in [3.63, 3.8) is 0 Å². The molecule has 2 aromatic carbocycles. The van der Waals surface area contributed by atoms with Crippen molar-refractivity contribution in [3.8, 4) is 0 Å². The van der Waals surface area contributed by atoms with Gasteiger partial charge in [-0.1, -0.05) is 66.7 Å². The van der Waals surface area contributed by atoms with Gasteiger partial charge in [0.2, 0.25) is 0 Å². The maximum atomic E-state index is 4.91. The first-order chi connectivity index (χ1) is 12.3. The molecule has 1 aliphatic heterocycles. The van der Waals surface area contributed by atoms with Gasteiger partial charge in [-0.3, -0.25) is 4.99 Å². The summed E-state index contributed by atoms with van der Waals surface area (Å²) in [7, 11) is 0. The van der Waals surface area contributed by atoms with Crippen LogP contribution in [0.25, 0.3) is 5.70 Å². The van der Waals surface area contributed by atoms with Crippen LogP contribution in [0.15, 0.2) is 94.5 Å². The van der Waals surface area contributed by atoms with Crippen molar-refractivity contribution in [1.29, 1.82) is 0 Å². The van der Waals surface area contributed by atoms with Gasteiger partial charge < -0.3 is 5.32 Å². The van der Waals surface area contributed by atoms with Gasteiger partial charge in [-0.25, -0.2) is 4.98 Å². The van der Waals surface area contributed by atoms with Crippen LogP contribution in [0.4, 0.5) is 0 Å². The number of aliphatic imine (C=N–C) groups is 1. The van der Waals surface area contributed by atoms with Gasteiger partial charge in [-0.15, -0.1) is 0 Å². The minimum Gasteiger partial charge on any atom is -0.358 e. The molecule has 3 nitrogen and oxygen atoms in total. The second-order valence-electron chi connectivity index (χ2n) is 5.74. The molecule has 4 heteroatoms. The number of halogens is 1. The van der Waals surface area contributed by atoms with E-state index < -0.39 is 0 Å². The maximum absolute atomic E-state index is 4.91. The van der Waals surface area contributed by atoms with Gasteiger partial charge in [-0.2, -0.15) is 0 Å². The first-order valence-corrected chi connectivity index (χ1v) is 8.88. The van der Waals surface area contributed by atoms with Crippen LogP contribution < -0.4 is 5.32 Å². The van der Waals surface area contributed by atoms with E-state index in [1.165, 1.54) is 0 Å². The van der Waals surface area contributed by atoms with E-state index in [-0.39, 0.29) is 6.17 Å². The fourth-order valence-corrected chi connectivity index (χ4v) is 3.14. The third kappa shape index (κ3) is 3.54. The fraction of sp³-hybridized carbons (Fsp3) is 0.0476. The van der Waals surface area contributed by atoms with Gasteiger partial charge >= 0.3 is 0 Å². The zero-order valence-electron chi connectivity index (χ0n) is 13.4. The first-order valence-electron chi connectivity index (χ1n) is 8.09. The van der Waals surface area contributed by atoms with E-state index in [1.807, 2.05) is 54.6 Å². The highest BCUT2D eigenvalue weighted by molar-refractivity contribution is 9.10. The minimum absolute atomic E-state index is 0.141. The molecule has 1 atom stereocenters. The lowest BCUT2D eigenvalue weighted by molar-refractivity contribution is 0.662. The Bertz CT molecular complexity index is 934. The average Bonchev–Trinajstić information content (AvgIpc) is 2.69. The Morgan fingerprint density at radius 2 is 1.52 bits per heavy atom. The maximum Gasteiger partial charge on any atom is 0.145 e. The number of hydrogen-bond acceptors (Lipinski definition) is 3. The molecule has 0 aliphatic carbocycles. The van der Waals surface area contributed by atoms with Crippen molar-refractivity contribution in [3.05, 3.63) is 106 Å². The van der Waals surface area contributed by atoms with Crippen molar-refractivity contribution >= 4 is 27.3 Å². The molecule has 1 N–H and O–H groups in total. The fourth-order valence-electron chi connectivity index (χ4n) is 2.80. The number of aromatic nitrogens is 1. The van der Waals surface area contributed by atoms with Crippen LogP contribution in [0.2, 0.25) is 0 Å². The van der Waals surface area contributed by atoms with Crippen LogP contribution in [0.1, 0.15) is 23.0 Å². The standard InChI is InChI=1S/C21H16BrN3/c22-20-13-7-12-17(23-20)19-14-18(15-8-3-1-4-9-15)24-21(25-19)16-10-5-2-6-11-16/h1-14,21,25H. The highest BCUT2D eigenvalue weighted by atomic mass is 79.9. The smallest absolute Gasteiger partial charge is 0.145 e. The van der Waals surface area contributed by atoms with Gasteiger partial charge in [0.15, 0.2) is 0 Å². The summed E-state index contributed by atoms with van der Waals surface area (Å²) in [6.07, 6.45) is 1.92. The summed E-state index contributed by atoms with van der Waals surface area (Å²) >= 11 is 3.45. The molecule has 0 fully saturated rings. The van der Waals surface area contributed by atoms with Crippen molar-refractivity contribution in [2.45, 2.75) is 6.17 Å². The molecule has 1 aromatic heterocycles. The molecule has 122 valence electrons. The molecule has 0 bridgehead atoms. The Hall–Kier alpha value is -2.72. The molecule has 3 aromatic rings. The third-order valence-electron chi connectivity index (χ3n) is 4.02. The van der Waals surface area contributed by atoms with Gasteiger partial charge in [0.25, 0.3) is 0 Å². The van der Waals surface area contributed by atoms with E-state index in [0.717, 1.165) is 32.8 Å². The van der Waals surface area contributed by atoms with Crippen LogP contribution in [0.3, 0.4) is 0 Å². The van der Waals surface area contributed by atoms with Crippen LogP contribution in [0.5, 0.6) is 0 Å². The highest BCUT2D eigenvalue weighted by Gasteiger charge is 2.19. The molecule has 0 saturated heterocycles. The van der Waals surface area contributed by atoms with Gasteiger partial charge in [-0.05, 0) is 45.3 Å². The zero-order valence-corrected chi connectivity index (χ0v) is 15.0. The predicted octanol–water partition coefficient (Wildman–Crippen LogP) is 4.98. The van der Waals surface area contributed by atoms with E-state index in [0.29, 0.717) is 0 Å². The Morgan fingerprint density at radius 3 is 2.24 bits per heavy atom. The number of benzene rings is 2. The highest BCUT2D eigenvalue weighted by Crippen LogP contribution is 2.26. The lowest BCUT2D eigenvalue weighted by atomic mass is 10.0. The minimum atomic E-state index is -0.141. The van der Waals surface area contributed by atoms with E-state index in [4.69, 9.17) is 4.99 Å². The number of pyridine rings is 1. The third-order valence-corrected chi connectivity index (χ3v) is 4.46. The van der Waals surface area contributed by atoms with E-state index in [1.54, 1.807) is 0 Å². The Labute approximate surface area is 155 Å². The molecule has 1 unspecified atom stereocenters. The topological polar surface area (TPSA) is 37.3 Å². The number of hydrogen-bond donors (Lipinski definition) is 1. The Kier molecular flexibility index (Phi) is 4.44. The average molecular weight is 390 g/mol. The molecular formula is C21H16BrN3. The Balaban J connectivity index is 1.79. The first kappa shape index (κ1) is 15.8. The van der Waals surface area contributed by atoms with E-state index >= 15 is 0 Å². The molecule has 0 amide bonds. The lowest BCUT2D eigenvalue weighted by Crippen LogP contribution is -2.25. The molecule has 0 spiro atoms. The summed E-state index contributed by atoms with van der Waals surface area (Å²) in [5.74, 6) is 0. The van der Waals surface area contributed by atoms with E-state index in [9.17, 15) is 0 Å². The Morgan fingerprint density at radius 1 is 0.800 bits per heavy atom. The second-order valence-corrected chi connectivity index (χ2v) is 6.55. The molecule has 0 radical (unpaired) electrons. The molecule has 25 heavy (non-hydrogen) atoms. The summed E-state index contributed by atoms with van der Waals surface area (Å²) in [4.78, 5) is 9.49. The monoisotopic (exact) mass is 389 g/mol. The van der Waals surface area contributed by atoms with Gasteiger partial charge in [0, 0.05) is 0 Å². The summed E-state index contributed by atoms with van der Waals surface area (Å²) in [6.45, 7) is 0. The zero-order chi connectivity index (χ0) is 17.1. The van der Waals surface area contributed by atoms with Crippen LogP contribution in [-0.4, -0.2) is 10.7 Å². The normalized spacial score (nSPS) is 16.6. The van der Waals surface area contributed by atoms with Crippen LogP contribution >= 0.6 is 15.9 Å². The number of rotatable bonds is 3. The summed E-state index contributed by atoms with van der Waals surface area (Å²) < 4.78 is 0.813. The van der Waals surface area contributed by atoms with Crippen LogP contribution in [0, 0.1) is 0 Å². The largest absolute Gasteiger partial charge is 0.358 e. The quantitative estimate of drug-likeness (QED) is 0.641. The molecule has 1 aliphatic rings. The van der Waals surface area contributed by atoms with Crippen molar-refractivity contribution in [2.24, 2.45) is 4.99 Å². The number of nitrogens with zero attached hydrogens (tertiary/aromatic N) is 2. The molecule has 2 heterocycles. The lowest BCUT2D eigenvalue weighted by Gasteiger charge is -2.24. The van der Waals surface area contributed by atoms with Crippen LogP contribution in [-0.2, 0) is 0 Å².